The zero-order valence-corrected chi connectivity index (χ0v) is 14.4. The molecule has 0 aliphatic carbocycles. The molecule has 0 saturated heterocycles. The second-order valence-electron chi connectivity index (χ2n) is 6.00. The first-order valence-corrected chi connectivity index (χ1v) is 7.90. The maximum atomic E-state index is 4.52. The van der Waals surface area contributed by atoms with Gasteiger partial charge in [0, 0.05) is 11.4 Å². The van der Waals surface area contributed by atoms with Crippen LogP contribution in [0.3, 0.4) is 0 Å². The largest absolute Gasteiger partial charge is 0.338 e. The zero-order valence-electron chi connectivity index (χ0n) is 14.4. The molecular formula is C19H21N5. The Bertz CT molecular complexity index is 853. The van der Waals surface area contributed by atoms with E-state index in [4.69, 9.17) is 0 Å². The number of benzene rings is 2. The number of nitrogens with zero attached hydrogens (tertiary/aromatic N) is 3. The van der Waals surface area contributed by atoms with Gasteiger partial charge in [0.1, 0.15) is 0 Å². The third-order valence-corrected chi connectivity index (χ3v) is 3.93. The molecule has 0 unspecified atom stereocenters. The average Bonchev–Trinajstić information content (AvgIpc) is 2.55. The zero-order chi connectivity index (χ0) is 17.1. The lowest BCUT2D eigenvalue weighted by Crippen LogP contribution is -2.04. The van der Waals surface area contributed by atoms with Crippen molar-refractivity contribution < 1.29 is 0 Å². The molecule has 5 nitrogen and oxygen atoms in total. The number of rotatable bonds is 4. The summed E-state index contributed by atoms with van der Waals surface area (Å²) in [6.45, 7) is 8.25. The van der Waals surface area contributed by atoms with Crippen molar-refractivity contribution in [2.24, 2.45) is 0 Å². The van der Waals surface area contributed by atoms with Gasteiger partial charge >= 0.3 is 0 Å². The van der Waals surface area contributed by atoms with Crippen LogP contribution in [-0.4, -0.2) is 15.2 Å². The quantitative estimate of drug-likeness (QED) is 0.736. The molecule has 0 saturated carbocycles. The summed E-state index contributed by atoms with van der Waals surface area (Å²) in [6.07, 6.45) is 1.63. The second-order valence-corrected chi connectivity index (χ2v) is 6.00. The molecule has 122 valence electrons. The van der Waals surface area contributed by atoms with Crippen LogP contribution in [0.1, 0.15) is 22.3 Å². The highest BCUT2D eigenvalue weighted by Gasteiger charge is 2.07. The summed E-state index contributed by atoms with van der Waals surface area (Å²) in [4.78, 5) is 4.52. The van der Waals surface area contributed by atoms with E-state index in [0.717, 1.165) is 28.1 Å². The molecule has 0 bridgehead atoms. The van der Waals surface area contributed by atoms with Gasteiger partial charge in [0.15, 0.2) is 5.82 Å². The standard InChI is InChI=1S/C19H21N5/c1-12-8-9-13(2)16(10-12)21-19-23-17(11-20-24-19)22-18-14(3)6-5-7-15(18)4/h5-11H,1-4H3,(H2,21,22,23,24). The monoisotopic (exact) mass is 319 g/mol. The van der Waals surface area contributed by atoms with Crippen LogP contribution in [0.25, 0.3) is 0 Å². The van der Waals surface area contributed by atoms with E-state index < -0.39 is 0 Å². The summed E-state index contributed by atoms with van der Waals surface area (Å²) in [7, 11) is 0. The summed E-state index contributed by atoms with van der Waals surface area (Å²) in [5.41, 5.74) is 6.69. The number of anilines is 4. The van der Waals surface area contributed by atoms with E-state index in [1.165, 1.54) is 5.56 Å². The van der Waals surface area contributed by atoms with Gasteiger partial charge in [-0.2, -0.15) is 10.1 Å². The second kappa shape index (κ2) is 6.66. The van der Waals surface area contributed by atoms with Crippen LogP contribution in [0, 0.1) is 27.7 Å². The van der Waals surface area contributed by atoms with Gasteiger partial charge in [0.2, 0.25) is 5.95 Å². The maximum absolute atomic E-state index is 4.52. The van der Waals surface area contributed by atoms with E-state index in [0.29, 0.717) is 11.8 Å². The normalized spacial score (nSPS) is 10.5. The molecule has 0 aliphatic rings. The Kier molecular flexibility index (Phi) is 4.42. The molecule has 0 atom stereocenters. The highest BCUT2D eigenvalue weighted by atomic mass is 15.3. The number of aromatic nitrogens is 3. The van der Waals surface area contributed by atoms with Gasteiger partial charge in [-0.05, 0) is 56.0 Å². The van der Waals surface area contributed by atoms with Crippen LogP contribution in [0.4, 0.5) is 23.1 Å². The summed E-state index contributed by atoms with van der Waals surface area (Å²) >= 11 is 0. The summed E-state index contributed by atoms with van der Waals surface area (Å²) < 4.78 is 0. The Morgan fingerprint density at radius 2 is 1.58 bits per heavy atom. The fourth-order valence-corrected chi connectivity index (χ4v) is 2.55. The molecule has 0 spiro atoms. The number of para-hydroxylation sites is 1. The van der Waals surface area contributed by atoms with Crippen LogP contribution in [-0.2, 0) is 0 Å². The van der Waals surface area contributed by atoms with Gasteiger partial charge in [-0.25, -0.2) is 0 Å². The molecule has 5 heteroatoms. The number of nitrogens with one attached hydrogen (secondary N) is 2. The van der Waals surface area contributed by atoms with Crippen LogP contribution in [0.5, 0.6) is 0 Å². The van der Waals surface area contributed by atoms with Crippen LogP contribution >= 0.6 is 0 Å². The first-order chi connectivity index (χ1) is 11.5. The van der Waals surface area contributed by atoms with Crippen molar-refractivity contribution in [2.45, 2.75) is 27.7 Å². The first kappa shape index (κ1) is 15.9. The Morgan fingerprint density at radius 1 is 0.833 bits per heavy atom. The molecule has 1 aromatic heterocycles. The van der Waals surface area contributed by atoms with E-state index in [9.17, 15) is 0 Å². The maximum Gasteiger partial charge on any atom is 0.249 e. The van der Waals surface area contributed by atoms with Crippen molar-refractivity contribution in [1.82, 2.24) is 15.2 Å². The summed E-state index contributed by atoms with van der Waals surface area (Å²) in [5.74, 6) is 1.13. The number of hydrogen-bond acceptors (Lipinski definition) is 5. The molecule has 0 radical (unpaired) electrons. The average molecular weight is 319 g/mol. The number of aryl methyl sites for hydroxylation is 4. The lowest BCUT2D eigenvalue weighted by atomic mass is 10.1. The van der Waals surface area contributed by atoms with E-state index in [2.05, 4.69) is 76.9 Å². The predicted molar refractivity (Wildman–Crippen MR) is 98.2 cm³/mol. The van der Waals surface area contributed by atoms with Crippen LogP contribution in [0.2, 0.25) is 0 Å². The van der Waals surface area contributed by atoms with E-state index >= 15 is 0 Å². The highest BCUT2D eigenvalue weighted by Crippen LogP contribution is 2.24. The minimum absolute atomic E-state index is 0.472. The molecular weight excluding hydrogens is 298 g/mol. The van der Waals surface area contributed by atoms with Crippen molar-refractivity contribution in [3.8, 4) is 0 Å². The molecule has 24 heavy (non-hydrogen) atoms. The van der Waals surface area contributed by atoms with Gasteiger partial charge in [-0.15, -0.1) is 5.10 Å². The van der Waals surface area contributed by atoms with Gasteiger partial charge in [-0.3, -0.25) is 0 Å². The summed E-state index contributed by atoms with van der Waals surface area (Å²) in [5, 5.41) is 14.7. The Hall–Kier alpha value is -2.95. The summed E-state index contributed by atoms with van der Waals surface area (Å²) in [6, 6.07) is 12.4. The van der Waals surface area contributed by atoms with E-state index in [1.807, 2.05) is 13.0 Å². The van der Waals surface area contributed by atoms with Crippen LogP contribution in [0.15, 0.2) is 42.6 Å². The third kappa shape index (κ3) is 3.51. The topological polar surface area (TPSA) is 62.7 Å². The molecule has 3 aromatic rings. The van der Waals surface area contributed by atoms with Gasteiger partial charge in [0.05, 0.1) is 6.20 Å². The van der Waals surface area contributed by atoms with Crippen molar-refractivity contribution >= 4 is 23.1 Å². The Balaban J connectivity index is 1.86. The van der Waals surface area contributed by atoms with Gasteiger partial charge in [-0.1, -0.05) is 30.3 Å². The number of hydrogen-bond donors (Lipinski definition) is 2. The fourth-order valence-electron chi connectivity index (χ4n) is 2.55. The SMILES string of the molecule is Cc1ccc(C)c(Nc2nncc(Nc3c(C)cccc3C)n2)c1. The Labute approximate surface area is 142 Å². The van der Waals surface area contributed by atoms with Gasteiger partial charge in [0.25, 0.3) is 0 Å². The molecule has 3 rings (SSSR count). The van der Waals surface area contributed by atoms with E-state index in [1.54, 1.807) is 6.20 Å². The lowest BCUT2D eigenvalue weighted by molar-refractivity contribution is 0.981. The molecule has 0 amide bonds. The minimum atomic E-state index is 0.472. The van der Waals surface area contributed by atoms with Crippen molar-refractivity contribution in [2.75, 3.05) is 10.6 Å². The van der Waals surface area contributed by atoms with E-state index in [-0.39, 0.29) is 0 Å². The molecule has 0 fully saturated rings. The molecule has 2 aromatic carbocycles. The molecule has 1 heterocycles. The first-order valence-electron chi connectivity index (χ1n) is 7.90. The minimum Gasteiger partial charge on any atom is -0.338 e. The smallest absolute Gasteiger partial charge is 0.249 e. The van der Waals surface area contributed by atoms with Crippen molar-refractivity contribution in [3.63, 3.8) is 0 Å². The fraction of sp³-hybridized carbons (Fsp3) is 0.211. The molecule has 0 aliphatic heterocycles. The Morgan fingerprint density at radius 3 is 2.33 bits per heavy atom. The van der Waals surface area contributed by atoms with Crippen LogP contribution < -0.4 is 10.6 Å². The highest BCUT2D eigenvalue weighted by molar-refractivity contribution is 5.65. The predicted octanol–water partition coefficient (Wildman–Crippen LogP) is 4.59. The van der Waals surface area contributed by atoms with Crippen molar-refractivity contribution in [3.05, 3.63) is 64.8 Å². The molecule has 2 N–H and O–H groups in total. The van der Waals surface area contributed by atoms with Gasteiger partial charge < -0.3 is 10.6 Å². The lowest BCUT2D eigenvalue weighted by Gasteiger charge is -2.13. The third-order valence-electron chi connectivity index (χ3n) is 3.93. The van der Waals surface area contributed by atoms with Crippen molar-refractivity contribution in [1.29, 1.82) is 0 Å².